The van der Waals surface area contributed by atoms with Gasteiger partial charge in [-0.3, -0.25) is 20.0 Å². The molecule has 2 aromatic carbocycles. The van der Waals surface area contributed by atoms with Crippen LogP contribution in [0.25, 0.3) is 11.1 Å². The number of nitrogens with zero attached hydrogens (tertiary/aromatic N) is 2. The molecule has 1 saturated heterocycles. The van der Waals surface area contributed by atoms with Gasteiger partial charge in [0.2, 0.25) is 0 Å². The van der Waals surface area contributed by atoms with E-state index in [1.165, 1.54) is 11.1 Å². The van der Waals surface area contributed by atoms with Gasteiger partial charge in [-0.25, -0.2) is 4.79 Å². The molecular weight excluding hydrogens is 409 g/mol. The number of nitrogens with one attached hydrogen (secondary N) is 2. The summed E-state index contributed by atoms with van der Waals surface area (Å²) >= 11 is 0. The van der Waals surface area contributed by atoms with E-state index in [1.54, 1.807) is 42.6 Å². The zero-order chi connectivity index (χ0) is 21.8. The number of hydrogen-bond acceptors (Lipinski definition) is 3. The molecule has 1 fully saturated rings. The van der Waals surface area contributed by atoms with E-state index < -0.39 is 29.9 Å². The van der Waals surface area contributed by atoms with Crippen LogP contribution in [0.4, 0.5) is 29.3 Å². The molecule has 1 unspecified atom stereocenters. The van der Waals surface area contributed by atoms with Crippen molar-refractivity contribution in [3.05, 3.63) is 71.5 Å². The number of alkyl halides is 3. The number of rotatable bonds is 3. The molecule has 0 radical (unpaired) electrons. The van der Waals surface area contributed by atoms with Gasteiger partial charge in [0.25, 0.3) is 5.91 Å². The van der Waals surface area contributed by atoms with Crippen molar-refractivity contribution in [1.82, 2.24) is 10.3 Å². The molecule has 3 aromatic rings. The van der Waals surface area contributed by atoms with Crippen LogP contribution in [0.2, 0.25) is 0 Å². The fraction of sp³-hybridized carbons (Fsp3) is 0.136. The van der Waals surface area contributed by atoms with E-state index in [-0.39, 0.29) is 0 Å². The molecule has 0 aliphatic carbocycles. The van der Waals surface area contributed by atoms with Gasteiger partial charge in [-0.2, -0.15) is 13.2 Å². The van der Waals surface area contributed by atoms with Crippen molar-refractivity contribution in [1.29, 1.82) is 0 Å². The second-order valence-corrected chi connectivity index (χ2v) is 7.32. The van der Waals surface area contributed by atoms with Crippen molar-refractivity contribution >= 4 is 29.5 Å². The Labute approximate surface area is 174 Å². The molecule has 2 N–H and O–H groups in total. The third-order valence-corrected chi connectivity index (χ3v) is 5.39. The number of aliphatic imine (C=N–C) groups is 1. The molecule has 3 heterocycles. The fourth-order valence-electron chi connectivity index (χ4n) is 3.85. The predicted molar refractivity (Wildman–Crippen MR) is 108 cm³/mol. The molecule has 1 atom stereocenters. The third-order valence-electron chi connectivity index (χ3n) is 5.39. The zero-order valence-electron chi connectivity index (χ0n) is 15.9. The molecule has 0 spiro atoms. The molecule has 9 heteroatoms. The number of H-pyrrole nitrogens is 1. The summed E-state index contributed by atoms with van der Waals surface area (Å²) < 4.78 is 38.5. The van der Waals surface area contributed by atoms with Crippen molar-refractivity contribution in [2.24, 2.45) is 4.99 Å². The van der Waals surface area contributed by atoms with Gasteiger partial charge < -0.3 is 4.98 Å². The number of anilines is 1. The minimum Gasteiger partial charge on any atom is -0.357 e. The SMILES string of the molecule is O=C1NC(=O)N(c2ccc3c(c2)N=CC3)C1c1ccc(-c2c[nH]c(C(F)(F)F)c2)cc1. The summed E-state index contributed by atoms with van der Waals surface area (Å²) in [6, 6.07) is 11.5. The predicted octanol–water partition coefficient (Wildman–Crippen LogP) is 4.76. The topological polar surface area (TPSA) is 77.6 Å². The van der Waals surface area contributed by atoms with Crippen LogP contribution in [-0.2, 0) is 17.4 Å². The summed E-state index contributed by atoms with van der Waals surface area (Å²) in [6.07, 6.45) is -0.673. The van der Waals surface area contributed by atoms with E-state index in [4.69, 9.17) is 0 Å². The van der Waals surface area contributed by atoms with E-state index in [2.05, 4.69) is 15.3 Å². The van der Waals surface area contributed by atoms with Crippen LogP contribution < -0.4 is 10.2 Å². The average molecular weight is 424 g/mol. The van der Waals surface area contributed by atoms with Gasteiger partial charge in [0.1, 0.15) is 11.7 Å². The highest BCUT2D eigenvalue weighted by Crippen LogP contribution is 2.37. The van der Waals surface area contributed by atoms with E-state index in [9.17, 15) is 22.8 Å². The molecule has 2 aliphatic rings. The van der Waals surface area contributed by atoms with Crippen molar-refractivity contribution < 1.29 is 22.8 Å². The zero-order valence-corrected chi connectivity index (χ0v) is 15.9. The lowest BCUT2D eigenvalue weighted by Crippen LogP contribution is -2.29. The maximum Gasteiger partial charge on any atom is 0.431 e. The lowest BCUT2D eigenvalue weighted by atomic mass is 10.0. The van der Waals surface area contributed by atoms with Gasteiger partial charge in [0, 0.05) is 24.5 Å². The monoisotopic (exact) mass is 424 g/mol. The van der Waals surface area contributed by atoms with Crippen LogP contribution in [-0.4, -0.2) is 23.1 Å². The van der Waals surface area contributed by atoms with E-state index in [0.29, 0.717) is 22.4 Å². The lowest BCUT2D eigenvalue weighted by molar-refractivity contribution is -0.140. The Hall–Kier alpha value is -3.88. The van der Waals surface area contributed by atoms with Crippen LogP contribution in [0.15, 0.2) is 59.7 Å². The number of carbonyl (C=O) groups excluding carboxylic acids is 2. The van der Waals surface area contributed by atoms with Gasteiger partial charge in [-0.05, 0) is 40.5 Å². The number of aromatic nitrogens is 1. The van der Waals surface area contributed by atoms with Crippen LogP contribution in [0.5, 0.6) is 0 Å². The Balaban J connectivity index is 1.47. The Kier molecular flexibility index (Phi) is 4.21. The number of halogens is 3. The molecule has 0 bridgehead atoms. The molecule has 2 aliphatic heterocycles. The van der Waals surface area contributed by atoms with E-state index in [1.807, 2.05) is 6.07 Å². The van der Waals surface area contributed by atoms with Crippen LogP contribution in [0, 0.1) is 0 Å². The number of benzene rings is 2. The normalized spacial score (nSPS) is 17.9. The Morgan fingerprint density at radius 1 is 1.00 bits per heavy atom. The Bertz CT molecular complexity index is 1230. The standard InChI is InChI=1S/C22H15F3N4O2/c23-22(24,25)18-9-15(11-27-18)12-1-3-14(4-2-12)19-20(30)28-21(31)29(19)16-6-5-13-7-8-26-17(13)10-16/h1-6,8-11,19,27H,7H2,(H,28,30,31). The quantitative estimate of drug-likeness (QED) is 0.595. The summed E-state index contributed by atoms with van der Waals surface area (Å²) in [5.41, 5.74) is 2.97. The van der Waals surface area contributed by atoms with Crippen LogP contribution in [0.3, 0.4) is 0 Å². The molecule has 6 nitrogen and oxygen atoms in total. The van der Waals surface area contributed by atoms with Crippen LogP contribution in [0.1, 0.15) is 22.9 Å². The number of imide groups is 1. The van der Waals surface area contributed by atoms with Gasteiger partial charge >= 0.3 is 12.2 Å². The third kappa shape index (κ3) is 3.27. The minimum absolute atomic E-state index is 0.374. The number of urea groups is 1. The second kappa shape index (κ2) is 6.83. The first-order valence-corrected chi connectivity index (χ1v) is 9.47. The molecule has 1 aromatic heterocycles. The molecule has 0 saturated carbocycles. The van der Waals surface area contributed by atoms with E-state index >= 15 is 0 Å². The Morgan fingerprint density at radius 2 is 1.77 bits per heavy atom. The first-order chi connectivity index (χ1) is 14.8. The number of amides is 3. The van der Waals surface area contributed by atoms with Crippen LogP contribution >= 0.6 is 0 Å². The lowest BCUT2D eigenvalue weighted by Gasteiger charge is -2.22. The van der Waals surface area contributed by atoms with Gasteiger partial charge in [0.15, 0.2) is 0 Å². The molecule has 3 amide bonds. The fourth-order valence-corrected chi connectivity index (χ4v) is 3.85. The minimum atomic E-state index is -4.46. The average Bonchev–Trinajstić information content (AvgIpc) is 3.45. The van der Waals surface area contributed by atoms with E-state index in [0.717, 1.165) is 23.7 Å². The van der Waals surface area contributed by atoms with Crippen molar-refractivity contribution in [2.45, 2.75) is 18.6 Å². The first kappa shape index (κ1) is 19.1. The van der Waals surface area contributed by atoms with Gasteiger partial charge in [-0.1, -0.05) is 30.3 Å². The first-order valence-electron chi connectivity index (χ1n) is 9.47. The maximum absolute atomic E-state index is 12.8. The van der Waals surface area contributed by atoms with Gasteiger partial charge in [-0.15, -0.1) is 0 Å². The second-order valence-electron chi connectivity index (χ2n) is 7.32. The largest absolute Gasteiger partial charge is 0.431 e. The smallest absolute Gasteiger partial charge is 0.357 e. The molecular formula is C22H15F3N4O2. The highest BCUT2D eigenvalue weighted by atomic mass is 19.4. The van der Waals surface area contributed by atoms with Crippen molar-refractivity contribution in [2.75, 3.05) is 4.90 Å². The molecule has 5 rings (SSSR count). The maximum atomic E-state index is 12.8. The highest BCUT2D eigenvalue weighted by molar-refractivity contribution is 6.14. The summed E-state index contributed by atoms with van der Waals surface area (Å²) in [5, 5.41) is 2.33. The number of fused-ring (bicyclic) bond motifs is 1. The highest BCUT2D eigenvalue weighted by Gasteiger charge is 2.40. The molecule has 31 heavy (non-hydrogen) atoms. The summed E-state index contributed by atoms with van der Waals surface area (Å²) in [7, 11) is 0. The number of aromatic amines is 1. The number of hydrogen-bond donors (Lipinski definition) is 2. The van der Waals surface area contributed by atoms with Crippen molar-refractivity contribution in [3.63, 3.8) is 0 Å². The Morgan fingerprint density at radius 3 is 2.48 bits per heavy atom. The number of carbonyl (C=O) groups is 2. The molecule has 156 valence electrons. The van der Waals surface area contributed by atoms with Gasteiger partial charge in [0.05, 0.1) is 5.69 Å². The van der Waals surface area contributed by atoms with Crippen molar-refractivity contribution in [3.8, 4) is 11.1 Å². The summed E-state index contributed by atoms with van der Waals surface area (Å²) in [5.74, 6) is -0.470. The summed E-state index contributed by atoms with van der Waals surface area (Å²) in [6.45, 7) is 0. The summed E-state index contributed by atoms with van der Waals surface area (Å²) in [4.78, 5) is 32.9.